The Labute approximate surface area is 81.1 Å². The van der Waals surface area contributed by atoms with E-state index in [1.807, 2.05) is 13.8 Å². The molecule has 0 aromatic heterocycles. The maximum absolute atomic E-state index is 11.0. The minimum Gasteiger partial charge on any atom is -0.368 e. The van der Waals surface area contributed by atoms with Gasteiger partial charge in [0, 0.05) is 6.04 Å². The molecule has 0 heterocycles. The normalized spacial score (nSPS) is 14.6. The summed E-state index contributed by atoms with van der Waals surface area (Å²) in [4.78, 5) is 11.0. The Hall–Kier alpha value is -0.570. The van der Waals surface area contributed by atoms with E-state index in [2.05, 4.69) is 26.1 Å². The van der Waals surface area contributed by atoms with Gasteiger partial charge in [-0.25, -0.2) is 0 Å². The first kappa shape index (κ1) is 12.4. The van der Waals surface area contributed by atoms with E-state index >= 15 is 0 Å². The van der Waals surface area contributed by atoms with Gasteiger partial charge in [0.1, 0.15) is 0 Å². The molecule has 0 aromatic carbocycles. The molecule has 1 atom stereocenters. The Morgan fingerprint density at radius 1 is 1.38 bits per heavy atom. The molecule has 3 nitrogen and oxygen atoms in total. The van der Waals surface area contributed by atoms with Crippen LogP contribution in [0.25, 0.3) is 0 Å². The fourth-order valence-corrected chi connectivity index (χ4v) is 1.45. The van der Waals surface area contributed by atoms with Crippen molar-refractivity contribution in [1.29, 1.82) is 0 Å². The average molecular weight is 186 g/mol. The van der Waals surface area contributed by atoms with Crippen LogP contribution in [0.15, 0.2) is 0 Å². The van der Waals surface area contributed by atoms with Crippen LogP contribution in [0, 0.1) is 5.92 Å². The van der Waals surface area contributed by atoms with Gasteiger partial charge in [-0.2, -0.15) is 0 Å². The summed E-state index contributed by atoms with van der Waals surface area (Å²) in [6, 6.07) is 0.322. The predicted molar refractivity (Wildman–Crippen MR) is 55.3 cm³/mol. The van der Waals surface area contributed by atoms with E-state index in [0.717, 1.165) is 6.42 Å². The molecular formula is C10H22N2O. The van der Waals surface area contributed by atoms with Crippen molar-refractivity contribution in [3.05, 3.63) is 0 Å². The van der Waals surface area contributed by atoms with Crippen molar-refractivity contribution in [2.75, 3.05) is 0 Å². The van der Waals surface area contributed by atoms with Gasteiger partial charge < -0.3 is 11.1 Å². The van der Waals surface area contributed by atoms with Crippen LogP contribution >= 0.6 is 0 Å². The molecule has 0 aliphatic carbocycles. The molecule has 0 aliphatic heterocycles. The maximum Gasteiger partial charge on any atom is 0.237 e. The van der Waals surface area contributed by atoms with E-state index in [-0.39, 0.29) is 5.91 Å². The smallest absolute Gasteiger partial charge is 0.237 e. The number of hydrogen-bond acceptors (Lipinski definition) is 2. The lowest BCUT2D eigenvalue weighted by Crippen LogP contribution is -2.54. The highest BCUT2D eigenvalue weighted by atomic mass is 16.1. The molecule has 1 unspecified atom stereocenters. The quantitative estimate of drug-likeness (QED) is 0.679. The fraction of sp³-hybridized carbons (Fsp3) is 0.900. The summed E-state index contributed by atoms with van der Waals surface area (Å²) in [5.74, 6) is 0.328. The van der Waals surface area contributed by atoms with Crippen molar-refractivity contribution < 1.29 is 4.79 Å². The molecule has 3 N–H and O–H groups in total. The molecule has 0 saturated heterocycles. The number of nitrogens with two attached hydrogens (primary N) is 1. The molecule has 0 aromatic rings. The second-order valence-corrected chi connectivity index (χ2v) is 4.66. The van der Waals surface area contributed by atoms with Crippen LogP contribution < -0.4 is 11.1 Å². The van der Waals surface area contributed by atoms with Crippen molar-refractivity contribution in [2.24, 2.45) is 11.7 Å². The van der Waals surface area contributed by atoms with Crippen LogP contribution in [0.1, 0.15) is 41.0 Å². The Kier molecular flexibility index (Phi) is 4.40. The minimum absolute atomic E-state index is 0.303. The van der Waals surface area contributed by atoms with Gasteiger partial charge in [0.2, 0.25) is 5.91 Å². The van der Waals surface area contributed by atoms with E-state index in [9.17, 15) is 4.79 Å². The third kappa shape index (κ3) is 4.88. The Balaban J connectivity index is 4.04. The number of primary amides is 1. The zero-order valence-corrected chi connectivity index (χ0v) is 9.35. The molecule has 78 valence electrons. The van der Waals surface area contributed by atoms with Crippen molar-refractivity contribution in [2.45, 2.75) is 52.6 Å². The topological polar surface area (TPSA) is 55.1 Å². The van der Waals surface area contributed by atoms with Crippen molar-refractivity contribution in [1.82, 2.24) is 5.32 Å². The molecule has 0 fully saturated rings. The van der Waals surface area contributed by atoms with Gasteiger partial charge >= 0.3 is 0 Å². The Bertz CT molecular complexity index is 176. The number of nitrogens with one attached hydrogen (secondary N) is 1. The molecule has 1 amide bonds. The Morgan fingerprint density at radius 2 is 1.85 bits per heavy atom. The second-order valence-electron chi connectivity index (χ2n) is 4.66. The fourth-order valence-electron chi connectivity index (χ4n) is 1.45. The second kappa shape index (κ2) is 4.61. The molecule has 0 saturated carbocycles. The summed E-state index contributed by atoms with van der Waals surface area (Å²) < 4.78 is 0. The SMILES string of the molecule is CC(C)CC(C)NC(C)(C)C(N)=O. The van der Waals surface area contributed by atoms with Crippen LogP contribution in [-0.2, 0) is 4.79 Å². The van der Waals surface area contributed by atoms with Crippen molar-refractivity contribution in [3.63, 3.8) is 0 Å². The summed E-state index contributed by atoms with van der Waals surface area (Å²) in [6.07, 6.45) is 1.05. The highest BCUT2D eigenvalue weighted by Gasteiger charge is 2.26. The molecular weight excluding hydrogens is 164 g/mol. The first-order chi connectivity index (χ1) is 5.75. The van der Waals surface area contributed by atoms with Gasteiger partial charge in [0.05, 0.1) is 5.54 Å². The van der Waals surface area contributed by atoms with E-state index in [1.54, 1.807) is 0 Å². The molecule has 3 heteroatoms. The van der Waals surface area contributed by atoms with Gasteiger partial charge in [-0.1, -0.05) is 13.8 Å². The molecule has 0 radical (unpaired) electrons. The highest BCUT2D eigenvalue weighted by Crippen LogP contribution is 2.09. The summed E-state index contributed by atoms with van der Waals surface area (Å²) >= 11 is 0. The van der Waals surface area contributed by atoms with Crippen LogP contribution in [0.3, 0.4) is 0 Å². The van der Waals surface area contributed by atoms with Crippen molar-refractivity contribution >= 4 is 5.91 Å². The minimum atomic E-state index is -0.603. The lowest BCUT2D eigenvalue weighted by Gasteiger charge is -2.27. The number of carbonyl (C=O) groups is 1. The van der Waals surface area contributed by atoms with E-state index in [1.165, 1.54) is 0 Å². The monoisotopic (exact) mass is 186 g/mol. The summed E-state index contributed by atoms with van der Waals surface area (Å²) in [6.45, 7) is 10.0. The Morgan fingerprint density at radius 3 is 2.15 bits per heavy atom. The number of amides is 1. The maximum atomic E-state index is 11.0. The standard InChI is InChI=1S/C10H22N2O/c1-7(2)6-8(3)12-10(4,5)9(11)13/h7-8,12H,6H2,1-5H3,(H2,11,13). The predicted octanol–water partition coefficient (Wildman–Crippen LogP) is 1.27. The lowest BCUT2D eigenvalue weighted by atomic mass is 9.99. The molecule has 13 heavy (non-hydrogen) atoms. The van der Waals surface area contributed by atoms with E-state index < -0.39 is 5.54 Å². The summed E-state index contributed by atoms with van der Waals surface area (Å²) in [5, 5.41) is 3.21. The zero-order chi connectivity index (χ0) is 10.6. The van der Waals surface area contributed by atoms with Crippen LogP contribution in [0.2, 0.25) is 0 Å². The molecule has 0 aliphatic rings. The first-order valence-electron chi connectivity index (χ1n) is 4.83. The van der Waals surface area contributed by atoms with Crippen LogP contribution in [0.4, 0.5) is 0 Å². The highest BCUT2D eigenvalue weighted by molar-refractivity contribution is 5.83. The summed E-state index contributed by atoms with van der Waals surface area (Å²) in [5.41, 5.74) is 4.65. The largest absolute Gasteiger partial charge is 0.368 e. The first-order valence-corrected chi connectivity index (χ1v) is 4.83. The van der Waals surface area contributed by atoms with Crippen molar-refractivity contribution in [3.8, 4) is 0 Å². The van der Waals surface area contributed by atoms with Gasteiger partial charge in [-0.05, 0) is 33.1 Å². The van der Waals surface area contributed by atoms with Crippen LogP contribution in [0.5, 0.6) is 0 Å². The van der Waals surface area contributed by atoms with E-state index in [0.29, 0.717) is 12.0 Å². The number of rotatable bonds is 5. The molecule has 0 spiro atoms. The third-order valence-corrected chi connectivity index (χ3v) is 2.05. The van der Waals surface area contributed by atoms with Gasteiger partial charge in [0.25, 0.3) is 0 Å². The van der Waals surface area contributed by atoms with Gasteiger partial charge in [-0.15, -0.1) is 0 Å². The summed E-state index contributed by atoms with van der Waals surface area (Å²) in [7, 11) is 0. The zero-order valence-electron chi connectivity index (χ0n) is 9.35. The van der Waals surface area contributed by atoms with Gasteiger partial charge in [-0.3, -0.25) is 4.79 Å². The average Bonchev–Trinajstić information content (AvgIpc) is 1.82. The van der Waals surface area contributed by atoms with Crippen LogP contribution in [-0.4, -0.2) is 17.5 Å². The third-order valence-electron chi connectivity index (χ3n) is 2.05. The molecule has 0 bridgehead atoms. The van der Waals surface area contributed by atoms with Gasteiger partial charge in [0.15, 0.2) is 0 Å². The lowest BCUT2D eigenvalue weighted by molar-refractivity contribution is -0.123. The number of hydrogen-bond donors (Lipinski definition) is 2. The molecule has 0 rings (SSSR count). The van der Waals surface area contributed by atoms with E-state index in [4.69, 9.17) is 5.73 Å². The number of carbonyl (C=O) groups excluding carboxylic acids is 1.